The van der Waals surface area contributed by atoms with Crippen molar-refractivity contribution in [2.75, 3.05) is 18.2 Å². The number of methoxy groups -OCH3 is 1. The van der Waals surface area contributed by atoms with E-state index in [4.69, 9.17) is 4.74 Å². The predicted molar refractivity (Wildman–Crippen MR) is 125 cm³/mol. The van der Waals surface area contributed by atoms with Crippen LogP contribution in [0.3, 0.4) is 0 Å². The molecule has 1 N–H and O–H groups in total. The number of nitrogens with zero attached hydrogens (tertiary/aromatic N) is 3. The number of hydrogen-bond donors (Lipinski definition) is 1. The number of carbonyl (C=O) groups excluding carboxylic acids is 2. The quantitative estimate of drug-likeness (QED) is 0.403. The Morgan fingerprint density at radius 2 is 1.87 bits per heavy atom. The molecule has 0 unspecified atom stereocenters. The summed E-state index contributed by atoms with van der Waals surface area (Å²) in [6.45, 7) is 9.25. The molecular weight excluding hydrogens is 432 g/mol. The Kier molecular flexibility index (Phi) is 7.17. The van der Waals surface area contributed by atoms with Crippen molar-refractivity contribution >= 4 is 40.0 Å². The monoisotopic (exact) mass is 458 g/mol. The van der Waals surface area contributed by atoms with Gasteiger partial charge in [-0.25, -0.2) is 4.79 Å². The molecule has 0 aliphatic carbocycles. The van der Waals surface area contributed by atoms with Gasteiger partial charge in [0.1, 0.15) is 5.00 Å². The highest BCUT2D eigenvalue weighted by Gasteiger charge is 2.19. The third-order valence-electron chi connectivity index (χ3n) is 4.70. The molecule has 7 nitrogen and oxygen atoms in total. The summed E-state index contributed by atoms with van der Waals surface area (Å²) in [5.41, 5.74) is 2.68. The van der Waals surface area contributed by atoms with Crippen molar-refractivity contribution in [3.63, 3.8) is 0 Å². The third-order valence-corrected chi connectivity index (χ3v) is 6.49. The van der Waals surface area contributed by atoms with E-state index in [1.54, 1.807) is 11.4 Å². The molecule has 0 spiro atoms. The van der Waals surface area contributed by atoms with Gasteiger partial charge in [-0.15, -0.1) is 21.5 Å². The highest BCUT2D eigenvalue weighted by atomic mass is 32.2. The highest BCUT2D eigenvalue weighted by molar-refractivity contribution is 7.99. The van der Waals surface area contributed by atoms with Crippen molar-refractivity contribution in [3.8, 4) is 11.4 Å². The van der Waals surface area contributed by atoms with Crippen molar-refractivity contribution < 1.29 is 14.3 Å². The maximum absolute atomic E-state index is 12.4. The van der Waals surface area contributed by atoms with Gasteiger partial charge in [0.05, 0.1) is 18.4 Å². The molecule has 0 aliphatic heterocycles. The Balaban J connectivity index is 1.69. The Bertz CT molecular complexity index is 1070. The minimum absolute atomic E-state index is 0.0849. The van der Waals surface area contributed by atoms with Crippen molar-refractivity contribution in [2.24, 2.45) is 0 Å². The molecule has 0 bridgehead atoms. The number of anilines is 1. The van der Waals surface area contributed by atoms with Gasteiger partial charge in [0.2, 0.25) is 5.91 Å². The van der Waals surface area contributed by atoms with Crippen LogP contribution in [0, 0.1) is 0 Å². The van der Waals surface area contributed by atoms with Crippen LogP contribution in [0.15, 0.2) is 40.9 Å². The maximum atomic E-state index is 12.4. The first-order valence-electron chi connectivity index (χ1n) is 9.87. The summed E-state index contributed by atoms with van der Waals surface area (Å²) in [5.74, 6) is 0.230. The van der Waals surface area contributed by atoms with Crippen molar-refractivity contribution in [2.45, 2.75) is 44.8 Å². The highest BCUT2D eigenvalue weighted by Crippen LogP contribution is 2.28. The molecule has 1 amide bonds. The maximum Gasteiger partial charge on any atom is 0.340 e. The number of thiophene rings is 1. The van der Waals surface area contributed by atoms with Gasteiger partial charge >= 0.3 is 5.97 Å². The second-order valence-electron chi connectivity index (χ2n) is 7.87. The van der Waals surface area contributed by atoms with E-state index in [0.717, 1.165) is 11.4 Å². The van der Waals surface area contributed by atoms with Gasteiger partial charge in [-0.2, -0.15) is 0 Å². The van der Waals surface area contributed by atoms with Gasteiger partial charge < -0.3 is 14.6 Å². The average molecular weight is 459 g/mol. The largest absolute Gasteiger partial charge is 0.465 e. The van der Waals surface area contributed by atoms with Crippen LogP contribution in [0.2, 0.25) is 0 Å². The summed E-state index contributed by atoms with van der Waals surface area (Å²) < 4.78 is 6.73. The number of rotatable bonds is 7. The molecule has 3 aromatic rings. The number of thioether (sulfide) groups is 1. The first-order valence-corrected chi connectivity index (χ1v) is 11.7. The minimum atomic E-state index is -0.475. The lowest BCUT2D eigenvalue weighted by atomic mass is 9.87. The molecule has 1 aromatic carbocycles. The van der Waals surface area contributed by atoms with Gasteiger partial charge in [-0.1, -0.05) is 56.8 Å². The topological polar surface area (TPSA) is 86.1 Å². The number of esters is 1. The summed E-state index contributed by atoms with van der Waals surface area (Å²) in [5, 5.41) is 14.3. The second-order valence-corrected chi connectivity index (χ2v) is 9.73. The van der Waals surface area contributed by atoms with Crippen LogP contribution in [0.1, 0.15) is 43.6 Å². The van der Waals surface area contributed by atoms with Crippen LogP contribution in [0.25, 0.3) is 11.4 Å². The fourth-order valence-electron chi connectivity index (χ4n) is 2.98. The van der Waals surface area contributed by atoms with Gasteiger partial charge in [0.25, 0.3) is 0 Å². The Hall–Kier alpha value is -2.65. The van der Waals surface area contributed by atoms with Crippen LogP contribution < -0.4 is 5.32 Å². The zero-order chi connectivity index (χ0) is 22.6. The molecule has 0 saturated carbocycles. The summed E-state index contributed by atoms with van der Waals surface area (Å²) in [6, 6.07) is 9.98. The van der Waals surface area contributed by atoms with E-state index in [1.807, 2.05) is 11.5 Å². The predicted octanol–water partition coefficient (Wildman–Crippen LogP) is 4.84. The Labute approximate surface area is 190 Å². The average Bonchev–Trinajstić information content (AvgIpc) is 3.37. The van der Waals surface area contributed by atoms with E-state index in [2.05, 4.69) is 60.6 Å². The smallest absolute Gasteiger partial charge is 0.340 e. The van der Waals surface area contributed by atoms with Gasteiger partial charge in [0.15, 0.2) is 11.0 Å². The van der Waals surface area contributed by atoms with Crippen LogP contribution in [-0.2, 0) is 21.5 Å². The summed E-state index contributed by atoms with van der Waals surface area (Å²) in [7, 11) is 1.31. The molecule has 164 valence electrons. The van der Waals surface area contributed by atoms with Crippen molar-refractivity contribution in [1.82, 2.24) is 14.8 Å². The number of carbonyl (C=O) groups is 2. The summed E-state index contributed by atoms with van der Waals surface area (Å²) >= 11 is 2.59. The van der Waals surface area contributed by atoms with E-state index in [0.29, 0.717) is 22.3 Å². The number of amides is 1. The van der Waals surface area contributed by atoms with Crippen LogP contribution in [0.5, 0.6) is 0 Å². The van der Waals surface area contributed by atoms with Gasteiger partial charge in [-0.3, -0.25) is 4.79 Å². The van der Waals surface area contributed by atoms with E-state index < -0.39 is 5.97 Å². The molecule has 3 rings (SSSR count). The number of aromatic nitrogens is 3. The fraction of sp³-hybridized carbons (Fsp3) is 0.364. The van der Waals surface area contributed by atoms with Crippen LogP contribution >= 0.6 is 23.1 Å². The van der Waals surface area contributed by atoms with Crippen molar-refractivity contribution in [1.29, 1.82) is 0 Å². The first kappa shape index (κ1) is 23.0. The number of ether oxygens (including phenoxy) is 1. The van der Waals surface area contributed by atoms with Crippen LogP contribution in [0.4, 0.5) is 5.00 Å². The summed E-state index contributed by atoms with van der Waals surface area (Å²) in [6.07, 6.45) is 0. The van der Waals surface area contributed by atoms with Gasteiger partial charge in [-0.05, 0) is 29.3 Å². The van der Waals surface area contributed by atoms with E-state index in [9.17, 15) is 9.59 Å². The molecule has 2 heterocycles. The minimum Gasteiger partial charge on any atom is -0.465 e. The Morgan fingerprint density at radius 1 is 1.16 bits per heavy atom. The van der Waals surface area contributed by atoms with E-state index >= 15 is 0 Å². The molecule has 31 heavy (non-hydrogen) atoms. The number of benzene rings is 1. The number of nitrogens with one attached hydrogen (secondary N) is 1. The normalized spacial score (nSPS) is 11.4. The fourth-order valence-corrected chi connectivity index (χ4v) is 4.58. The molecule has 0 atom stereocenters. The third kappa shape index (κ3) is 5.34. The molecule has 0 saturated heterocycles. The van der Waals surface area contributed by atoms with E-state index in [-0.39, 0.29) is 17.1 Å². The lowest BCUT2D eigenvalue weighted by Gasteiger charge is -2.19. The van der Waals surface area contributed by atoms with Crippen LogP contribution in [-0.4, -0.2) is 39.5 Å². The molecule has 9 heteroatoms. The molecule has 0 fully saturated rings. The molecule has 2 aromatic heterocycles. The van der Waals surface area contributed by atoms with Gasteiger partial charge in [0, 0.05) is 12.1 Å². The lowest BCUT2D eigenvalue weighted by molar-refractivity contribution is -0.113. The zero-order valence-electron chi connectivity index (χ0n) is 18.3. The van der Waals surface area contributed by atoms with Crippen molar-refractivity contribution in [3.05, 3.63) is 46.8 Å². The standard InChI is InChI=1S/C22H26N4O3S2/c1-6-26-18(14-7-9-15(10-8-14)22(2,3)4)24-25-21(26)31-13-17(27)23-19-16(11-12-30-19)20(28)29-5/h7-12H,6,13H2,1-5H3,(H,23,27). The first-order chi connectivity index (χ1) is 14.7. The van der Waals surface area contributed by atoms with E-state index in [1.165, 1.54) is 35.8 Å². The molecular formula is C22H26N4O3S2. The molecule has 0 aliphatic rings. The lowest BCUT2D eigenvalue weighted by Crippen LogP contribution is -2.16. The summed E-state index contributed by atoms with van der Waals surface area (Å²) in [4.78, 5) is 24.2. The number of hydrogen-bond acceptors (Lipinski definition) is 7. The zero-order valence-corrected chi connectivity index (χ0v) is 19.9. The molecule has 0 radical (unpaired) electrons. The SMILES string of the molecule is CCn1c(SCC(=O)Nc2sccc2C(=O)OC)nnc1-c1ccc(C(C)(C)C)cc1. The Morgan fingerprint density at radius 3 is 2.48 bits per heavy atom. The second kappa shape index (κ2) is 9.65.